The second kappa shape index (κ2) is 5.75. The predicted molar refractivity (Wildman–Crippen MR) is 69.8 cm³/mol. The zero-order chi connectivity index (χ0) is 13.8. The van der Waals surface area contributed by atoms with E-state index in [1.165, 1.54) is 30.4 Å². The Hall–Kier alpha value is -2.02. The van der Waals surface area contributed by atoms with Crippen molar-refractivity contribution in [2.45, 2.75) is 19.4 Å². The first-order valence-corrected chi connectivity index (χ1v) is 6.42. The van der Waals surface area contributed by atoms with Crippen LogP contribution < -0.4 is 5.32 Å². The first kappa shape index (κ1) is 13.4. The Morgan fingerprint density at radius 3 is 2.74 bits per heavy atom. The molecule has 0 aliphatic carbocycles. The van der Waals surface area contributed by atoms with Gasteiger partial charge in [-0.15, -0.1) is 10.2 Å². The number of carboxylic acids is 1. The van der Waals surface area contributed by atoms with Gasteiger partial charge in [0.25, 0.3) is 0 Å². The number of nitrogens with zero attached hydrogens (tertiary/aromatic N) is 2. The Labute approximate surface area is 113 Å². The van der Waals surface area contributed by atoms with Gasteiger partial charge >= 0.3 is 5.97 Å². The summed E-state index contributed by atoms with van der Waals surface area (Å²) in [6, 6.07) is 5.43. The van der Waals surface area contributed by atoms with Crippen molar-refractivity contribution in [3.63, 3.8) is 0 Å². The molecule has 0 saturated carbocycles. The molecule has 19 heavy (non-hydrogen) atoms. The summed E-state index contributed by atoms with van der Waals surface area (Å²) in [7, 11) is 0. The molecule has 0 bridgehead atoms. The molecule has 7 heteroatoms. The van der Waals surface area contributed by atoms with Gasteiger partial charge in [0.15, 0.2) is 0 Å². The van der Waals surface area contributed by atoms with Gasteiger partial charge in [-0.05, 0) is 24.6 Å². The highest BCUT2D eigenvalue weighted by Gasteiger charge is 2.13. The van der Waals surface area contributed by atoms with Gasteiger partial charge in [0.1, 0.15) is 16.9 Å². The highest BCUT2D eigenvalue weighted by atomic mass is 32.1. The Bertz CT molecular complexity index is 571. The molecule has 5 nitrogen and oxygen atoms in total. The summed E-state index contributed by atoms with van der Waals surface area (Å²) in [6.07, 6.45) is 0.543. The molecule has 2 aromatic rings. The molecule has 2 rings (SSSR count). The van der Waals surface area contributed by atoms with Crippen molar-refractivity contribution in [2.75, 3.05) is 5.32 Å². The largest absolute Gasteiger partial charge is 0.480 e. The molecule has 0 saturated heterocycles. The second-order valence-electron chi connectivity index (χ2n) is 4.01. The number of carboxylic acid groups (broad SMARTS) is 1. The molecule has 0 unspecified atom stereocenters. The molecule has 0 aliphatic rings. The molecule has 2 N–H and O–H groups in total. The van der Waals surface area contributed by atoms with Gasteiger partial charge in [0, 0.05) is 6.42 Å². The number of aliphatic carboxylic acids is 1. The zero-order valence-electron chi connectivity index (χ0n) is 10.1. The Morgan fingerprint density at radius 1 is 1.42 bits per heavy atom. The van der Waals surface area contributed by atoms with Crippen LogP contribution in [0.5, 0.6) is 0 Å². The van der Waals surface area contributed by atoms with Gasteiger partial charge in [0.2, 0.25) is 5.13 Å². The number of anilines is 1. The zero-order valence-corrected chi connectivity index (χ0v) is 10.9. The molecular formula is C12H12FN3O2S. The number of hydrogen-bond donors (Lipinski definition) is 2. The van der Waals surface area contributed by atoms with Crippen LogP contribution in [0.2, 0.25) is 0 Å². The van der Waals surface area contributed by atoms with Crippen LogP contribution in [0.4, 0.5) is 9.52 Å². The van der Waals surface area contributed by atoms with E-state index in [0.717, 1.165) is 10.6 Å². The fraction of sp³-hybridized carbons (Fsp3) is 0.250. The molecule has 0 spiro atoms. The van der Waals surface area contributed by atoms with Gasteiger partial charge in [-0.3, -0.25) is 4.79 Å². The quantitative estimate of drug-likeness (QED) is 0.878. The third-order valence-corrected chi connectivity index (χ3v) is 3.30. The number of benzene rings is 1. The van der Waals surface area contributed by atoms with E-state index in [9.17, 15) is 9.18 Å². The van der Waals surface area contributed by atoms with Crippen LogP contribution >= 0.6 is 11.3 Å². The number of rotatable bonds is 5. The van der Waals surface area contributed by atoms with Crippen molar-refractivity contribution in [3.05, 3.63) is 40.7 Å². The maximum Gasteiger partial charge on any atom is 0.325 e. The van der Waals surface area contributed by atoms with E-state index < -0.39 is 12.0 Å². The van der Waals surface area contributed by atoms with Crippen LogP contribution in [0, 0.1) is 5.82 Å². The van der Waals surface area contributed by atoms with Crippen molar-refractivity contribution in [1.29, 1.82) is 0 Å². The Kier molecular flexibility index (Phi) is 4.06. The topological polar surface area (TPSA) is 75.1 Å². The van der Waals surface area contributed by atoms with E-state index in [2.05, 4.69) is 15.5 Å². The molecule has 1 atom stereocenters. The van der Waals surface area contributed by atoms with Gasteiger partial charge < -0.3 is 10.4 Å². The summed E-state index contributed by atoms with van der Waals surface area (Å²) in [5.41, 5.74) is 0.926. The lowest BCUT2D eigenvalue weighted by Crippen LogP contribution is -2.25. The minimum Gasteiger partial charge on any atom is -0.480 e. The van der Waals surface area contributed by atoms with Crippen molar-refractivity contribution in [3.8, 4) is 0 Å². The normalized spacial score (nSPS) is 12.1. The molecule has 1 aromatic heterocycles. The lowest BCUT2D eigenvalue weighted by atomic mass is 10.2. The lowest BCUT2D eigenvalue weighted by Gasteiger charge is -2.05. The minimum atomic E-state index is -0.949. The smallest absolute Gasteiger partial charge is 0.325 e. The van der Waals surface area contributed by atoms with Crippen molar-refractivity contribution >= 4 is 22.4 Å². The van der Waals surface area contributed by atoms with Crippen LogP contribution in [0.15, 0.2) is 24.3 Å². The van der Waals surface area contributed by atoms with E-state index in [4.69, 9.17) is 5.11 Å². The van der Waals surface area contributed by atoms with Crippen LogP contribution in [0.1, 0.15) is 17.5 Å². The summed E-state index contributed by atoms with van der Waals surface area (Å²) in [6.45, 7) is 1.53. The van der Waals surface area contributed by atoms with E-state index >= 15 is 0 Å². The number of carbonyl (C=O) groups is 1. The van der Waals surface area contributed by atoms with Crippen molar-refractivity contribution in [1.82, 2.24) is 10.2 Å². The summed E-state index contributed by atoms with van der Waals surface area (Å²) < 4.78 is 12.8. The highest BCUT2D eigenvalue weighted by molar-refractivity contribution is 7.15. The number of aromatic nitrogens is 2. The molecule has 0 aliphatic heterocycles. The average molecular weight is 281 g/mol. The van der Waals surface area contributed by atoms with Gasteiger partial charge in [-0.2, -0.15) is 0 Å². The fourth-order valence-electron chi connectivity index (χ4n) is 1.41. The minimum absolute atomic E-state index is 0.279. The number of halogens is 1. The van der Waals surface area contributed by atoms with Gasteiger partial charge in [-0.25, -0.2) is 4.39 Å². The summed E-state index contributed by atoms with van der Waals surface area (Å²) in [5.74, 6) is -1.23. The molecule has 100 valence electrons. The lowest BCUT2D eigenvalue weighted by molar-refractivity contribution is -0.137. The van der Waals surface area contributed by atoms with Crippen LogP contribution in [-0.2, 0) is 11.2 Å². The molecule has 0 fully saturated rings. The third-order valence-electron chi connectivity index (χ3n) is 2.45. The monoisotopic (exact) mass is 281 g/mol. The van der Waals surface area contributed by atoms with Crippen molar-refractivity contribution in [2.24, 2.45) is 0 Å². The molecular weight excluding hydrogens is 269 g/mol. The molecule has 0 amide bonds. The highest BCUT2D eigenvalue weighted by Crippen LogP contribution is 2.19. The molecule has 1 heterocycles. The maximum absolute atomic E-state index is 12.8. The van der Waals surface area contributed by atoms with Crippen LogP contribution in [0.3, 0.4) is 0 Å². The Balaban J connectivity index is 2.01. The molecule has 1 aromatic carbocycles. The summed E-state index contributed by atoms with van der Waals surface area (Å²) in [5, 5.41) is 20.6. The summed E-state index contributed by atoms with van der Waals surface area (Å²) in [4.78, 5) is 10.7. The first-order chi connectivity index (χ1) is 9.04. The van der Waals surface area contributed by atoms with E-state index in [1.807, 2.05) is 0 Å². The van der Waals surface area contributed by atoms with Gasteiger partial charge in [0.05, 0.1) is 0 Å². The predicted octanol–water partition coefficient (Wildman–Crippen LogP) is 2.15. The van der Waals surface area contributed by atoms with E-state index in [1.54, 1.807) is 12.1 Å². The standard InChI is InChI=1S/C12H12FN3O2S/c1-7(11(17)18)14-12-16-15-10(19-12)6-8-2-4-9(13)5-3-8/h2-5,7H,6H2,1H3,(H,14,16)(H,17,18)/t7-/m0/s1. The third kappa shape index (κ3) is 3.72. The van der Waals surface area contributed by atoms with E-state index in [0.29, 0.717) is 11.6 Å². The SMILES string of the molecule is C[C@H](Nc1nnc(Cc2ccc(F)cc2)s1)C(=O)O. The van der Waals surface area contributed by atoms with E-state index in [-0.39, 0.29) is 5.82 Å². The maximum atomic E-state index is 12.8. The Morgan fingerprint density at radius 2 is 2.11 bits per heavy atom. The van der Waals surface area contributed by atoms with Crippen LogP contribution in [-0.4, -0.2) is 27.3 Å². The van der Waals surface area contributed by atoms with Gasteiger partial charge in [-0.1, -0.05) is 23.5 Å². The second-order valence-corrected chi connectivity index (χ2v) is 5.07. The fourth-order valence-corrected chi connectivity index (χ4v) is 2.27. The number of nitrogens with one attached hydrogen (secondary N) is 1. The first-order valence-electron chi connectivity index (χ1n) is 5.61. The van der Waals surface area contributed by atoms with Crippen LogP contribution in [0.25, 0.3) is 0 Å². The van der Waals surface area contributed by atoms with Crippen molar-refractivity contribution < 1.29 is 14.3 Å². The average Bonchev–Trinajstić information content (AvgIpc) is 2.79. The molecule has 0 radical (unpaired) electrons. The number of hydrogen-bond acceptors (Lipinski definition) is 5. The summed E-state index contributed by atoms with van der Waals surface area (Å²) >= 11 is 1.29.